The number of carbonyl (C=O) groups is 1. The number of carbonyl (C=O) groups excluding carboxylic acids is 1. The van der Waals surface area contributed by atoms with E-state index in [4.69, 9.17) is 9.79 Å². The fourth-order valence-electron chi connectivity index (χ4n) is 0.563. The van der Waals surface area contributed by atoms with Gasteiger partial charge in [-0.2, -0.15) is 0 Å². The summed E-state index contributed by atoms with van der Waals surface area (Å²) in [7, 11) is 1.55. The van der Waals surface area contributed by atoms with Crippen LogP contribution in [0.2, 0.25) is 0 Å². The highest BCUT2D eigenvalue weighted by Crippen LogP contribution is 2.35. The van der Waals surface area contributed by atoms with Gasteiger partial charge < -0.3 is 19.2 Å². The Morgan fingerprint density at radius 1 is 1.77 bits per heavy atom. The second kappa shape index (κ2) is 5.47. The first-order chi connectivity index (χ1) is 5.87. The van der Waals surface area contributed by atoms with Crippen molar-refractivity contribution in [3.05, 3.63) is 12.7 Å². The van der Waals surface area contributed by atoms with Gasteiger partial charge in [0.25, 0.3) is 0 Å². The van der Waals surface area contributed by atoms with E-state index in [-0.39, 0.29) is 19.1 Å². The molecule has 0 aromatic rings. The van der Waals surface area contributed by atoms with E-state index in [1.807, 2.05) is 0 Å². The van der Waals surface area contributed by atoms with E-state index in [9.17, 15) is 4.79 Å². The number of hydrogen-bond acceptors (Lipinski definition) is 3. The van der Waals surface area contributed by atoms with Crippen LogP contribution in [0.15, 0.2) is 12.7 Å². The van der Waals surface area contributed by atoms with Crippen LogP contribution in [0.3, 0.4) is 0 Å². The molecule has 0 rings (SSSR count). The van der Waals surface area contributed by atoms with Gasteiger partial charge in [-0.05, 0) is 17.9 Å². The number of amides is 1. The molecule has 0 bridgehead atoms. The van der Waals surface area contributed by atoms with Crippen LogP contribution in [0.25, 0.3) is 0 Å². The molecule has 0 aliphatic carbocycles. The third kappa shape index (κ3) is 6.86. The van der Waals surface area contributed by atoms with Gasteiger partial charge >= 0.3 is 6.72 Å². The number of likely N-dealkylation sites (N-methyl/N-ethyl adjacent to an activating group) is 1. The van der Waals surface area contributed by atoms with Gasteiger partial charge in [-0.15, -0.1) is 0 Å². The summed E-state index contributed by atoms with van der Waals surface area (Å²) in [4.78, 5) is 29.5. The molecule has 76 valence electrons. The summed E-state index contributed by atoms with van der Waals surface area (Å²) in [5.74, 6) is -0.257. The minimum Gasteiger partial charge on any atom is -0.340 e. The van der Waals surface area contributed by atoms with Gasteiger partial charge in [0.1, 0.15) is 0 Å². The predicted molar refractivity (Wildman–Crippen MR) is 52.5 cm³/mol. The predicted octanol–water partition coefficient (Wildman–Crippen LogP) is -0.144. The van der Waals surface area contributed by atoms with Gasteiger partial charge in [0.15, 0.2) is 0 Å². The van der Waals surface area contributed by atoms with E-state index in [1.165, 1.54) is 4.90 Å². The summed E-state index contributed by atoms with van der Waals surface area (Å²) < 4.78 is 4.50. The van der Waals surface area contributed by atoms with Crippen molar-refractivity contribution in [2.75, 3.05) is 20.2 Å². The van der Waals surface area contributed by atoms with Gasteiger partial charge in [-0.3, -0.25) is 4.79 Å². The molecule has 0 aliphatic heterocycles. The Kier molecular flexibility index (Phi) is 5.36. The Morgan fingerprint density at radius 2 is 2.31 bits per heavy atom. The first kappa shape index (κ1) is 12.7. The summed E-state index contributed by atoms with van der Waals surface area (Å²) in [6, 6.07) is 0. The van der Waals surface area contributed by atoms with E-state index in [2.05, 4.69) is 22.9 Å². The Labute approximate surface area is 81.9 Å². The lowest BCUT2D eigenvalue weighted by atomic mass is 10.5. The van der Waals surface area contributed by atoms with Crippen molar-refractivity contribution in [1.29, 1.82) is 0 Å². The summed E-state index contributed by atoms with van der Waals surface area (Å²) in [5.41, 5.74) is 0. The fourth-order valence-corrected chi connectivity index (χ4v) is 1.11. The fraction of sp³-hybridized carbons (Fsp3) is 0.500. The van der Waals surface area contributed by atoms with Crippen molar-refractivity contribution in [2.45, 2.75) is 0 Å². The molecule has 0 spiro atoms. The molecule has 2 N–H and O–H groups in total. The number of hydrogen-bond donors (Lipinski definition) is 2. The minimum atomic E-state index is -3.59. The third-order valence-electron chi connectivity index (χ3n) is 1.24. The van der Waals surface area contributed by atoms with Crippen LogP contribution in [0.5, 0.6) is 0 Å². The lowest BCUT2D eigenvalue weighted by Gasteiger charge is -2.15. The maximum atomic E-state index is 10.9. The van der Waals surface area contributed by atoms with Gasteiger partial charge in [0.05, 0.1) is 6.61 Å². The van der Waals surface area contributed by atoms with E-state index in [0.717, 1.165) is 6.08 Å². The minimum absolute atomic E-state index is 0.000355. The number of rotatable bonds is 5. The highest BCUT2D eigenvalue weighted by Gasteiger charge is 2.09. The maximum Gasteiger partial charge on any atom is 0.321 e. The second-order valence-corrected chi connectivity index (χ2v) is 4.95. The van der Waals surface area contributed by atoms with E-state index in [0.29, 0.717) is 0 Å². The average Bonchev–Trinajstić information content (AvgIpc) is 2.00. The van der Waals surface area contributed by atoms with Gasteiger partial charge in [-0.25, -0.2) is 0 Å². The molecule has 0 aliphatic rings. The van der Waals surface area contributed by atoms with Gasteiger partial charge in [-0.1, -0.05) is 6.58 Å². The Bertz CT molecular complexity index is 239. The van der Waals surface area contributed by atoms with Crippen molar-refractivity contribution < 1.29 is 19.1 Å². The van der Waals surface area contributed by atoms with Crippen molar-refractivity contribution in [2.24, 2.45) is 0 Å². The molecule has 0 aromatic carbocycles. The summed E-state index contributed by atoms with van der Waals surface area (Å²) in [6.45, 7) is -0.0562. The van der Waals surface area contributed by atoms with Gasteiger partial charge in [0.2, 0.25) is 5.91 Å². The van der Waals surface area contributed by atoms with Gasteiger partial charge in [0, 0.05) is 13.6 Å². The Balaban J connectivity index is 3.72. The first-order valence-electron chi connectivity index (χ1n) is 3.44. The summed E-state index contributed by atoms with van der Waals surface area (Å²) >= 11 is 4.21. The molecule has 0 aromatic heterocycles. The van der Waals surface area contributed by atoms with Crippen LogP contribution in [-0.2, 0) is 21.1 Å². The monoisotopic (exact) mass is 225 g/mol. The van der Waals surface area contributed by atoms with Crippen LogP contribution >= 0.6 is 6.72 Å². The Morgan fingerprint density at radius 3 is 2.69 bits per heavy atom. The van der Waals surface area contributed by atoms with Crippen molar-refractivity contribution in [3.8, 4) is 0 Å². The molecular formula is C6H12NO4PS. The average molecular weight is 225 g/mol. The molecule has 0 fully saturated rings. The smallest absolute Gasteiger partial charge is 0.321 e. The zero-order chi connectivity index (χ0) is 10.5. The Hall–Kier alpha value is -0.260. The zero-order valence-electron chi connectivity index (χ0n) is 7.21. The largest absolute Gasteiger partial charge is 0.340 e. The highest BCUT2D eigenvalue weighted by molar-refractivity contribution is 8.06. The van der Waals surface area contributed by atoms with E-state index in [1.54, 1.807) is 7.05 Å². The van der Waals surface area contributed by atoms with E-state index < -0.39 is 6.72 Å². The SMILES string of the molecule is C=CC(=O)N(C)CCOP(O)(O)=S. The van der Waals surface area contributed by atoms with Crippen LogP contribution in [0.4, 0.5) is 0 Å². The number of nitrogens with zero attached hydrogens (tertiary/aromatic N) is 1. The van der Waals surface area contributed by atoms with E-state index >= 15 is 0 Å². The lowest BCUT2D eigenvalue weighted by molar-refractivity contribution is -0.125. The quantitative estimate of drug-likeness (QED) is 0.503. The van der Waals surface area contributed by atoms with Crippen LogP contribution in [-0.4, -0.2) is 40.8 Å². The van der Waals surface area contributed by atoms with Crippen LogP contribution in [0.1, 0.15) is 0 Å². The van der Waals surface area contributed by atoms with Crippen molar-refractivity contribution in [3.63, 3.8) is 0 Å². The molecule has 0 heterocycles. The summed E-state index contributed by atoms with van der Waals surface area (Å²) in [5, 5.41) is 0. The van der Waals surface area contributed by atoms with Crippen LogP contribution in [0, 0.1) is 0 Å². The van der Waals surface area contributed by atoms with Crippen molar-refractivity contribution >= 4 is 24.4 Å². The molecule has 0 atom stereocenters. The second-order valence-electron chi connectivity index (χ2n) is 2.29. The third-order valence-corrected chi connectivity index (χ3v) is 2.07. The molecule has 0 saturated heterocycles. The molecule has 0 saturated carbocycles. The molecule has 0 unspecified atom stereocenters. The molecule has 13 heavy (non-hydrogen) atoms. The first-order valence-corrected chi connectivity index (χ1v) is 6.07. The summed E-state index contributed by atoms with van der Waals surface area (Å²) in [6.07, 6.45) is 1.16. The molecule has 5 nitrogen and oxygen atoms in total. The highest BCUT2D eigenvalue weighted by atomic mass is 32.5. The normalized spacial score (nSPS) is 11.0. The molecular weight excluding hydrogens is 213 g/mol. The topological polar surface area (TPSA) is 70.0 Å². The maximum absolute atomic E-state index is 10.9. The lowest BCUT2D eigenvalue weighted by Crippen LogP contribution is -2.28. The van der Waals surface area contributed by atoms with Crippen molar-refractivity contribution in [1.82, 2.24) is 4.90 Å². The van der Waals surface area contributed by atoms with Crippen LogP contribution < -0.4 is 0 Å². The molecule has 0 radical (unpaired) electrons. The standard InChI is InChI=1S/C6H12NO4PS/c1-3-6(8)7(2)4-5-11-12(9,10)13/h3H,1,4-5H2,2H3,(H2,9,10,13). The zero-order valence-corrected chi connectivity index (χ0v) is 8.92. The molecule has 1 amide bonds. The molecule has 7 heteroatoms.